The van der Waals surface area contributed by atoms with E-state index in [1.807, 2.05) is 62.4 Å². The second-order valence-corrected chi connectivity index (χ2v) is 7.34. The molecule has 0 saturated heterocycles. The van der Waals surface area contributed by atoms with Crippen molar-refractivity contribution in [3.8, 4) is 0 Å². The maximum atomic E-state index is 12.5. The van der Waals surface area contributed by atoms with Gasteiger partial charge in [-0.15, -0.1) is 0 Å². The van der Waals surface area contributed by atoms with Crippen LogP contribution in [0.2, 0.25) is 0 Å². The molecule has 6 heteroatoms. The summed E-state index contributed by atoms with van der Waals surface area (Å²) >= 11 is 0. The highest BCUT2D eigenvalue weighted by Gasteiger charge is 2.13. The zero-order valence-electron chi connectivity index (χ0n) is 16.4. The quantitative estimate of drug-likeness (QED) is 0.267. The lowest BCUT2D eigenvalue weighted by atomic mass is 10.0. The summed E-state index contributed by atoms with van der Waals surface area (Å²) in [6, 6.07) is 24.2. The molecule has 0 aliphatic carbocycles. The van der Waals surface area contributed by atoms with Crippen LogP contribution in [0.25, 0.3) is 10.9 Å². The van der Waals surface area contributed by atoms with Crippen molar-refractivity contribution in [1.82, 2.24) is 4.98 Å². The average Bonchev–Trinajstić information content (AvgIpc) is 3.21. The maximum Gasteiger partial charge on any atom is 0.150 e. The standard InChI is InChI=1S/C21H18N4OS.C2H6/c22-18-11-10-15(25-27(26)16-7-2-1-3-8-16)13-17(18)21(23)20-12-14-6-4-5-9-19(14)24-20;1-2/h1-13,23-25H,22H2;1-2H3. The van der Waals surface area contributed by atoms with E-state index in [0.29, 0.717) is 27.5 Å². The van der Waals surface area contributed by atoms with Crippen molar-refractivity contribution in [2.24, 2.45) is 0 Å². The summed E-state index contributed by atoms with van der Waals surface area (Å²) in [5, 5.41) is 9.61. The molecule has 0 radical (unpaired) electrons. The van der Waals surface area contributed by atoms with Gasteiger partial charge in [0.05, 0.1) is 16.3 Å². The Morgan fingerprint density at radius 3 is 2.38 bits per heavy atom. The first-order valence-corrected chi connectivity index (χ1v) is 10.6. The zero-order chi connectivity index (χ0) is 20.8. The van der Waals surface area contributed by atoms with Gasteiger partial charge in [0, 0.05) is 27.8 Å². The van der Waals surface area contributed by atoms with E-state index in [4.69, 9.17) is 11.1 Å². The first kappa shape index (κ1) is 20.4. The molecule has 1 atom stereocenters. The molecule has 4 aromatic rings. The third-order valence-electron chi connectivity index (χ3n) is 4.29. The van der Waals surface area contributed by atoms with Crippen LogP contribution in [0, 0.1) is 5.41 Å². The molecule has 29 heavy (non-hydrogen) atoms. The number of H-pyrrole nitrogens is 1. The molecule has 0 bridgehead atoms. The molecular formula is C23H24N4OS. The maximum absolute atomic E-state index is 12.5. The van der Waals surface area contributed by atoms with Gasteiger partial charge in [-0.25, -0.2) is 4.21 Å². The molecular weight excluding hydrogens is 380 g/mol. The van der Waals surface area contributed by atoms with E-state index in [1.165, 1.54) is 0 Å². The lowest BCUT2D eigenvalue weighted by Crippen LogP contribution is -2.09. The normalized spacial score (nSPS) is 11.4. The summed E-state index contributed by atoms with van der Waals surface area (Å²) in [7, 11) is -1.39. The lowest BCUT2D eigenvalue weighted by molar-refractivity contribution is 0.686. The third-order valence-corrected chi connectivity index (χ3v) is 5.41. The Balaban J connectivity index is 0.00000117. The molecule has 1 unspecified atom stereocenters. The highest BCUT2D eigenvalue weighted by molar-refractivity contribution is 7.86. The number of nitrogens with two attached hydrogens (primary N) is 1. The summed E-state index contributed by atoms with van der Waals surface area (Å²) in [5.41, 5.74) is 9.76. The fourth-order valence-electron chi connectivity index (χ4n) is 2.90. The number of fused-ring (bicyclic) bond motifs is 1. The topological polar surface area (TPSA) is 94.8 Å². The van der Waals surface area contributed by atoms with Gasteiger partial charge in [-0.1, -0.05) is 50.2 Å². The summed E-state index contributed by atoms with van der Waals surface area (Å²) in [6.07, 6.45) is 0. The summed E-state index contributed by atoms with van der Waals surface area (Å²) in [6.45, 7) is 4.00. The van der Waals surface area contributed by atoms with Crippen molar-refractivity contribution in [3.05, 3.63) is 90.1 Å². The molecule has 0 aliphatic heterocycles. The van der Waals surface area contributed by atoms with Gasteiger partial charge in [0.1, 0.15) is 11.0 Å². The summed E-state index contributed by atoms with van der Waals surface area (Å²) in [5.74, 6) is 0. The van der Waals surface area contributed by atoms with Crippen LogP contribution in [-0.4, -0.2) is 14.9 Å². The van der Waals surface area contributed by atoms with Gasteiger partial charge in [-0.2, -0.15) is 0 Å². The largest absolute Gasteiger partial charge is 0.398 e. The van der Waals surface area contributed by atoms with Crippen LogP contribution in [-0.2, 0) is 11.0 Å². The zero-order valence-corrected chi connectivity index (χ0v) is 17.2. The fourth-order valence-corrected chi connectivity index (χ4v) is 3.76. The van der Waals surface area contributed by atoms with E-state index in [-0.39, 0.29) is 5.71 Å². The van der Waals surface area contributed by atoms with E-state index in [2.05, 4.69) is 9.71 Å². The first-order valence-electron chi connectivity index (χ1n) is 9.42. The van der Waals surface area contributed by atoms with E-state index < -0.39 is 11.0 Å². The Morgan fingerprint density at radius 2 is 1.66 bits per heavy atom. The fraction of sp³-hybridized carbons (Fsp3) is 0.0870. The Kier molecular flexibility index (Phi) is 6.46. The van der Waals surface area contributed by atoms with Crippen molar-refractivity contribution in [1.29, 1.82) is 5.41 Å². The van der Waals surface area contributed by atoms with E-state index in [9.17, 15) is 4.21 Å². The minimum Gasteiger partial charge on any atom is -0.398 e. The molecule has 0 fully saturated rings. The van der Waals surface area contributed by atoms with Gasteiger partial charge >= 0.3 is 0 Å². The van der Waals surface area contributed by atoms with Gasteiger partial charge < -0.3 is 15.4 Å². The Labute approximate surface area is 173 Å². The predicted molar refractivity (Wildman–Crippen MR) is 123 cm³/mol. The molecule has 1 aromatic heterocycles. The minimum atomic E-state index is -1.39. The highest BCUT2D eigenvalue weighted by atomic mass is 32.2. The smallest absolute Gasteiger partial charge is 0.150 e. The lowest BCUT2D eigenvalue weighted by Gasteiger charge is -2.11. The highest BCUT2D eigenvalue weighted by Crippen LogP contribution is 2.24. The molecule has 5 nitrogen and oxygen atoms in total. The van der Waals surface area contributed by atoms with Crippen molar-refractivity contribution in [2.75, 3.05) is 10.5 Å². The Morgan fingerprint density at radius 1 is 0.966 bits per heavy atom. The van der Waals surface area contributed by atoms with Crippen molar-refractivity contribution < 1.29 is 4.21 Å². The first-order chi connectivity index (χ1) is 14.1. The second kappa shape index (κ2) is 9.21. The number of hydrogen-bond donors (Lipinski definition) is 4. The van der Waals surface area contributed by atoms with E-state index >= 15 is 0 Å². The number of aromatic nitrogens is 1. The molecule has 0 aliphatic rings. The van der Waals surface area contributed by atoms with Crippen LogP contribution in [0.3, 0.4) is 0 Å². The van der Waals surface area contributed by atoms with Crippen LogP contribution in [0.4, 0.5) is 11.4 Å². The average molecular weight is 405 g/mol. The molecule has 0 spiro atoms. The van der Waals surface area contributed by atoms with Crippen molar-refractivity contribution >= 4 is 39.0 Å². The van der Waals surface area contributed by atoms with Crippen LogP contribution >= 0.6 is 0 Å². The van der Waals surface area contributed by atoms with Gasteiger partial charge in [0.25, 0.3) is 0 Å². The molecule has 148 valence electrons. The van der Waals surface area contributed by atoms with E-state index in [0.717, 1.165) is 10.9 Å². The summed E-state index contributed by atoms with van der Waals surface area (Å²) in [4.78, 5) is 3.93. The van der Waals surface area contributed by atoms with Crippen molar-refractivity contribution in [2.45, 2.75) is 18.7 Å². The van der Waals surface area contributed by atoms with E-state index in [1.54, 1.807) is 30.3 Å². The number of para-hydroxylation sites is 1. The van der Waals surface area contributed by atoms with Crippen LogP contribution in [0.15, 0.2) is 83.8 Å². The Hall–Kier alpha value is -3.38. The minimum absolute atomic E-state index is 0.290. The SMILES string of the molecule is CC.N=C(c1cc2ccccc2[nH]1)c1cc(NS(=O)c2ccccc2)ccc1N. The molecule has 0 saturated carbocycles. The van der Waals surface area contributed by atoms with Crippen molar-refractivity contribution in [3.63, 3.8) is 0 Å². The number of nitrogens with one attached hydrogen (secondary N) is 3. The second-order valence-electron chi connectivity index (χ2n) is 6.13. The summed E-state index contributed by atoms with van der Waals surface area (Å²) < 4.78 is 15.4. The predicted octanol–water partition coefficient (Wildman–Crippen LogP) is 5.33. The third kappa shape index (κ3) is 4.55. The van der Waals surface area contributed by atoms with Gasteiger partial charge in [0.2, 0.25) is 0 Å². The molecule has 0 amide bonds. The monoisotopic (exact) mass is 404 g/mol. The van der Waals surface area contributed by atoms with Crippen LogP contribution < -0.4 is 10.5 Å². The molecule has 3 aromatic carbocycles. The van der Waals surface area contributed by atoms with Gasteiger partial charge in [-0.05, 0) is 42.5 Å². The number of benzene rings is 3. The molecule has 5 N–H and O–H groups in total. The number of nitrogen functional groups attached to an aromatic ring is 1. The molecule has 4 rings (SSSR count). The number of anilines is 2. The Bertz CT molecular complexity index is 1120. The van der Waals surface area contributed by atoms with Gasteiger partial charge in [0.15, 0.2) is 0 Å². The van der Waals surface area contributed by atoms with Gasteiger partial charge in [-0.3, -0.25) is 5.41 Å². The molecule has 1 heterocycles. The number of rotatable bonds is 5. The number of hydrogen-bond acceptors (Lipinski definition) is 3. The van der Waals surface area contributed by atoms with Crippen LogP contribution in [0.5, 0.6) is 0 Å². The number of aromatic amines is 1. The van der Waals surface area contributed by atoms with Crippen LogP contribution in [0.1, 0.15) is 25.1 Å².